The SMILES string of the molecule is NCC(NC(=O)c1ccc2c(c1)COc1cncnc1-2)c1ccccc1. The highest BCUT2D eigenvalue weighted by Crippen LogP contribution is 2.35. The van der Waals surface area contributed by atoms with Gasteiger partial charge in [-0.15, -0.1) is 0 Å². The molecule has 0 aliphatic carbocycles. The summed E-state index contributed by atoms with van der Waals surface area (Å²) in [5, 5.41) is 2.99. The molecular weight excluding hydrogens is 328 g/mol. The van der Waals surface area contributed by atoms with Gasteiger partial charge in [0.2, 0.25) is 0 Å². The molecule has 3 N–H and O–H groups in total. The molecular formula is C20H18N4O2. The number of rotatable bonds is 4. The number of ether oxygens (including phenoxy) is 1. The number of hydrogen-bond acceptors (Lipinski definition) is 5. The molecule has 4 rings (SSSR count). The minimum atomic E-state index is -0.232. The number of carbonyl (C=O) groups is 1. The van der Waals surface area contributed by atoms with Gasteiger partial charge in [-0.1, -0.05) is 36.4 Å². The van der Waals surface area contributed by atoms with Gasteiger partial charge in [0, 0.05) is 17.7 Å². The van der Waals surface area contributed by atoms with Gasteiger partial charge >= 0.3 is 0 Å². The van der Waals surface area contributed by atoms with Crippen molar-refractivity contribution < 1.29 is 9.53 Å². The first-order valence-corrected chi connectivity index (χ1v) is 8.38. The lowest BCUT2D eigenvalue weighted by Crippen LogP contribution is -2.33. The molecule has 1 atom stereocenters. The maximum Gasteiger partial charge on any atom is 0.251 e. The van der Waals surface area contributed by atoms with Crippen LogP contribution in [-0.4, -0.2) is 22.4 Å². The molecule has 0 saturated carbocycles. The van der Waals surface area contributed by atoms with Crippen LogP contribution in [0.25, 0.3) is 11.3 Å². The van der Waals surface area contributed by atoms with Gasteiger partial charge in [0.05, 0.1) is 12.2 Å². The maximum atomic E-state index is 12.7. The zero-order valence-corrected chi connectivity index (χ0v) is 14.1. The summed E-state index contributed by atoms with van der Waals surface area (Å²) in [6.07, 6.45) is 3.14. The fourth-order valence-corrected chi connectivity index (χ4v) is 3.07. The highest BCUT2D eigenvalue weighted by molar-refractivity contribution is 5.95. The van der Waals surface area contributed by atoms with Gasteiger partial charge in [-0.05, 0) is 23.3 Å². The van der Waals surface area contributed by atoms with Gasteiger partial charge in [0.15, 0.2) is 5.75 Å². The smallest absolute Gasteiger partial charge is 0.251 e. The van der Waals surface area contributed by atoms with Crippen LogP contribution in [0.4, 0.5) is 0 Å². The van der Waals surface area contributed by atoms with Crippen molar-refractivity contribution in [2.75, 3.05) is 6.54 Å². The molecule has 2 heterocycles. The third-order valence-corrected chi connectivity index (χ3v) is 4.43. The van der Waals surface area contributed by atoms with Gasteiger partial charge < -0.3 is 15.8 Å². The zero-order valence-electron chi connectivity index (χ0n) is 14.1. The molecule has 0 spiro atoms. The van der Waals surface area contributed by atoms with Gasteiger partial charge in [0.1, 0.15) is 18.6 Å². The summed E-state index contributed by atoms with van der Waals surface area (Å²) >= 11 is 0. The van der Waals surface area contributed by atoms with E-state index in [1.54, 1.807) is 12.3 Å². The first-order valence-electron chi connectivity index (χ1n) is 8.38. The Morgan fingerprint density at radius 3 is 2.88 bits per heavy atom. The van der Waals surface area contributed by atoms with Crippen LogP contribution in [0.3, 0.4) is 0 Å². The van der Waals surface area contributed by atoms with E-state index in [0.717, 1.165) is 22.4 Å². The number of amides is 1. The van der Waals surface area contributed by atoms with Crippen molar-refractivity contribution in [3.05, 3.63) is 77.7 Å². The molecule has 6 heteroatoms. The van der Waals surface area contributed by atoms with Crippen molar-refractivity contribution >= 4 is 5.91 Å². The first kappa shape index (κ1) is 16.2. The Hall–Kier alpha value is -3.25. The Kier molecular flexibility index (Phi) is 4.33. The monoisotopic (exact) mass is 346 g/mol. The van der Waals surface area contributed by atoms with Crippen LogP contribution in [0.15, 0.2) is 61.1 Å². The van der Waals surface area contributed by atoms with Gasteiger partial charge in [-0.25, -0.2) is 9.97 Å². The van der Waals surface area contributed by atoms with E-state index >= 15 is 0 Å². The second kappa shape index (κ2) is 6.93. The Balaban J connectivity index is 1.58. The van der Waals surface area contributed by atoms with Crippen molar-refractivity contribution in [2.24, 2.45) is 5.73 Å². The second-order valence-electron chi connectivity index (χ2n) is 6.07. The predicted octanol–water partition coefficient (Wildman–Crippen LogP) is 2.47. The van der Waals surface area contributed by atoms with E-state index in [4.69, 9.17) is 10.5 Å². The van der Waals surface area contributed by atoms with Gasteiger partial charge in [-0.3, -0.25) is 4.79 Å². The van der Waals surface area contributed by atoms with Crippen molar-refractivity contribution in [3.8, 4) is 17.0 Å². The minimum absolute atomic E-state index is 0.166. The summed E-state index contributed by atoms with van der Waals surface area (Å²) in [7, 11) is 0. The standard InChI is InChI=1S/C20H18N4O2/c21-9-17(13-4-2-1-3-5-13)24-20(25)14-6-7-16-15(8-14)11-26-18-10-22-12-23-19(16)18/h1-8,10,12,17H,9,11,21H2,(H,24,25). The fourth-order valence-electron chi connectivity index (χ4n) is 3.07. The number of hydrogen-bond donors (Lipinski definition) is 2. The Bertz CT molecular complexity index is 944. The maximum absolute atomic E-state index is 12.7. The zero-order chi connectivity index (χ0) is 17.9. The van der Waals surface area contributed by atoms with E-state index in [-0.39, 0.29) is 11.9 Å². The average molecular weight is 346 g/mol. The van der Waals surface area contributed by atoms with Crippen LogP contribution >= 0.6 is 0 Å². The molecule has 0 radical (unpaired) electrons. The summed E-state index contributed by atoms with van der Waals surface area (Å²) in [5.74, 6) is 0.491. The lowest BCUT2D eigenvalue weighted by molar-refractivity contribution is 0.0937. The number of benzene rings is 2. The fraction of sp³-hybridized carbons (Fsp3) is 0.150. The minimum Gasteiger partial charge on any atom is -0.485 e. The van der Waals surface area contributed by atoms with Crippen LogP contribution in [-0.2, 0) is 6.61 Å². The number of fused-ring (bicyclic) bond motifs is 3. The van der Waals surface area contributed by atoms with E-state index in [9.17, 15) is 4.79 Å². The number of nitrogens with one attached hydrogen (secondary N) is 1. The second-order valence-corrected chi connectivity index (χ2v) is 6.07. The van der Waals surface area contributed by atoms with E-state index in [1.165, 1.54) is 6.33 Å². The number of aromatic nitrogens is 2. The Morgan fingerprint density at radius 1 is 1.23 bits per heavy atom. The summed E-state index contributed by atoms with van der Waals surface area (Å²) in [4.78, 5) is 20.9. The normalized spacial score (nSPS) is 13.1. The predicted molar refractivity (Wildman–Crippen MR) is 97.5 cm³/mol. The van der Waals surface area contributed by atoms with Crippen LogP contribution in [0.2, 0.25) is 0 Å². The molecule has 1 amide bonds. The van der Waals surface area contributed by atoms with E-state index in [2.05, 4.69) is 15.3 Å². The third-order valence-electron chi connectivity index (χ3n) is 4.43. The summed E-state index contributed by atoms with van der Waals surface area (Å²) in [6, 6.07) is 15.0. The topological polar surface area (TPSA) is 90.1 Å². The highest BCUT2D eigenvalue weighted by atomic mass is 16.5. The molecule has 2 aromatic carbocycles. The summed E-state index contributed by atoms with van der Waals surface area (Å²) in [5.41, 5.74) is 10.0. The van der Waals surface area contributed by atoms with Crippen molar-refractivity contribution in [1.82, 2.24) is 15.3 Å². The average Bonchev–Trinajstić information content (AvgIpc) is 2.72. The van der Waals surface area contributed by atoms with Crippen molar-refractivity contribution in [2.45, 2.75) is 12.6 Å². The summed E-state index contributed by atoms with van der Waals surface area (Å²) in [6.45, 7) is 0.712. The highest BCUT2D eigenvalue weighted by Gasteiger charge is 2.21. The third kappa shape index (κ3) is 3.02. The van der Waals surface area contributed by atoms with Gasteiger partial charge in [0.25, 0.3) is 5.91 Å². The molecule has 1 aliphatic rings. The molecule has 3 aromatic rings. The molecule has 0 saturated heterocycles. The van der Waals surface area contributed by atoms with E-state index in [1.807, 2.05) is 42.5 Å². The van der Waals surface area contributed by atoms with Crippen LogP contribution in [0, 0.1) is 0 Å². The molecule has 1 aromatic heterocycles. The number of nitrogens with zero attached hydrogens (tertiary/aromatic N) is 2. The van der Waals surface area contributed by atoms with Crippen LogP contribution in [0.1, 0.15) is 27.5 Å². The number of nitrogens with two attached hydrogens (primary N) is 1. The molecule has 26 heavy (non-hydrogen) atoms. The summed E-state index contributed by atoms with van der Waals surface area (Å²) < 4.78 is 5.68. The van der Waals surface area contributed by atoms with Crippen LogP contribution < -0.4 is 15.8 Å². The molecule has 0 fully saturated rings. The van der Waals surface area contributed by atoms with Gasteiger partial charge in [-0.2, -0.15) is 0 Å². The molecule has 1 unspecified atom stereocenters. The lowest BCUT2D eigenvalue weighted by atomic mass is 9.98. The van der Waals surface area contributed by atoms with Crippen molar-refractivity contribution in [3.63, 3.8) is 0 Å². The quantitative estimate of drug-likeness (QED) is 0.757. The van der Waals surface area contributed by atoms with Crippen molar-refractivity contribution in [1.29, 1.82) is 0 Å². The molecule has 1 aliphatic heterocycles. The van der Waals surface area contributed by atoms with E-state index < -0.39 is 0 Å². The van der Waals surface area contributed by atoms with E-state index in [0.29, 0.717) is 24.5 Å². The molecule has 0 bridgehead atoms. The molecule has 130 valence electrons. The Morgan fingerprint density at radius 2 is 2.08 bits per heavy atom. The first-order chi connectivity index (χ1) is 12.8. The van der Waals surface area contributed by atoms with Crippen LogP contribution in [0.5, 0.6) is 5.75 Å². The largest absolute Gasteiger partial charge is 0.485 e. The Labute approximate surface area is 151 Å². The molecule has 6 nitrogen and oxygen atoms in total. The lowest BCUT2D eigenvalue weighted by Gasteiger charge is -2.21. The number of carbonyl (C=O) groups excluding carboxylic acids is 1.